The molecule has 1 aliphatic heterocycles. The molecule has 0 aromatic heterocycles. The molecule has 1 heterocycles. The normalized spacial score (nSPS) is 20.6. The van der Waals surface area contributed by atoms with Gasteiger partial charge in [0.25, 0.3) is 5.91 Å². The van der Waals surface area contributed by atoms with Crippen molar-refractivity contribution < 1.29 is 19.3 Å². The molecule has 1 aliphatic rings. The van der Waals surface area contributed by atoms with Crippen LogP contribution < -0.4 is 19.9 Å². The second-order valence-electron chi connectivity index (χ2n) is 6.87. The zero-order valence-corrected chi connectivity index (χ0v) is 15.4. The summed E-state index contributed by atoms with van der Waals surface area (Å²) in [5, 5.41) is 3.02. The summed E-state index contributed by atoms with van der Waals surface area (Å²) < 4.78 is 5.49. The van der Waals surface area contributed by atoms with Gasteiger partial charge >= 0.3 is 0 Å². The van der Waals surface area contributed by atoms with Crippen LogP contribution in [0.3, 0.4) is 0 Å². The molecule has 0 spiro atoms. The van der Waals surface area contributed by atoms with Crippen LogP contribution in [0.25, 0.3) is 0 Å². The molecule has 0 bridgehead atoms. The van der Waals surface area contributed by atoms with Crippen molar-refractivity contribution in [3.8, 4) is 5.75 Å². The second-order valence-corrected chi connectivity index (χ2v) is 6.87. The van der Waals surface area contributed by atoms with Crippen LogP contribution in [-0.4, -0.2) is 52.3 Å². The largest absolute Gasteiger partial charge is 0.496 e. The smallest absolute Gasteiger partial charge is 0.275 e. The van der Waals surface area contributed by atoms with Crippen molar-refractivity contribution in [3.63, 3.8) is 0 Å². The summed E-state index contributed by atoms with van der Waals surface area (Å²) in [6.45, 7) is 11.0. The van der Waals surface area contributed by atoms with Gasteiger partial charge in [0.05, 0.1) is 7.11 Å². The van der Waals surface area contributed by atoms with Crippen molar-refractivity contribution in [2.24, 2.45) is 0 Å². The molecule has 5 nitrogen and oxygen atoms in total. The van der Waals surface area contributed by atoms with Crippen molar-refractivity contribution in [1.29, 1.82) is 0 Å². The Morgan fingerprint density at radius 1 is 1.21 bits per heavy atom. The number of quaternary nitrogens is 2. The summed E-state index contributed by atoms with van der Waals surface area (Å²) >= 11 is 0. The zero-order valence-electron chi connectivity index (χ0n) is 15.4. The summed E-state index contributed by atoms with van der Waals surface area (Å²) in [4.78, 5) is 14.9. The van der Waals surface area contributed by atoms with E-state index in [9.17, 15) is 4.79 Å². The van der Waals surface area contributed by atoms with Crippen LogP contribution in [0.1, 0.15) is 30.9 Å². The molecule has 0 unspecified atom stereocenters. The predicted molar refractivity (Wildman–Crippen MR) is 95.6 cm³/mol. The number of methoxy groups -OCH3 is 1. The van der Waals surface area contributed by atoms with Gasteiger partial charge in [-0.25, -0.2) is 0 Å². The van der Waals surface area contributed by atoms with Crippen molar-refractivity contribution >= 4 is 5.91 Å². The lowest BCUT2D eigenvalue weighted by Crippen LogP contribution is -3.28. The predicted octanol–water partition coefficient (Wildman–Crippen LogP) is -0.797. The van der Waals surface area contributed by atoms with Gasteiger partial charge in [0.2, 0.25) is 0 Å². The number of carbonyl (C=O) groups is 1. The topological polar surface area (TPSA) is 47.2 Å². The summed E-state index contributed by atoms with van der Waals surface area (Å²) in [6, 6.07) is 6.38. The van der Waals surface area contributed by atoms with Crippen molar-refractivity contribution in [2.75, 3.05) is 46.4 Å². The van der Waals surface area contributed by atoms with Crippen molar-refractivity contribution in [3.05, 3.63) is 29.3 Å². The van der Waals surface area contributed by atoms with Gasteiger partial charge in [0, 0.05) is 12.1 Å². The number of unbranched alkanes of at least 4 members (excludes halogenated alkanes) is 1. The summed E-state index contributed by atoms with van der Waals surface area (Å²) in [6.07, 6.45) is 2.19. The SMILES string of the molecule is CCCCNC(=O)C[NH+]1CC[NH+](Cc2cc(C)ccc2OC)CC1. The van der Waals surface area contributed by atoms with E-state index in [1.807, 2.05) is 0 Å². The number of amides is 1. The molecule has 3 N–H and O–H groups in total. The first kappa shape index (κ1) is 18.7. The van der Waals surface area contributed by atoms with Crippen molar-refractivity contribution in [1.82, 2.24) is 5.32 Å². The fourth-order valence-corrected chi connectivity index (χ4v) is 3.32. The Kier molecular flexibility index (Phi) is 7.53. The third-order valence-corrected chi connectivity index (χ3v) is 4.80. The van der Waals surface area contributed by atoms with E-state index in [1.54, 1.807) is 12.0 Å². The lowest BCUT2D eigenvalue weighted by atomic mass is 10.1. The van der Waals surface area contributed by atoms with E-state index in [1.165, 1.54) is 16.0 Å². The minimum atomic E-state index is 0.197. The van der Waals surface area contributed by atoms with Crippen molar-refractivity contribution in [2.45, 2.75) is 33.2 Å². The van der Waals surface area contributed by atoms with E-state index < -0.39 is 0 Å². The highest BCUT2D eigenvalue weighted by Crippen LogP contribution is 2.18. The highest BCUT2D eigenvalue weighted by molar-refractivity contribution is 5.76. The van der Waals surface area contributed by atoms with Crippen LogP contribution in [0.2, 0.25) is 0 Å². The molecule has 5 heteroatoms. The van der Waals surface area contributed by atoms with E-state index in [-0.39, 0.29) is 5.91 Å². The molecular formula is C19H33N3O2+2. The number of nitrogens with one attached hydrogen (secondary N) is 3. The molecule has 1 fully saturated rings. The maximum atomic E-state index is 11.9. The number of rotatable bonds is 8. The van der Waals surface area contributed by atoms with Gasteiger partial charge in [-0.05, 0) is 25.5 Å². The van der Waals surface area contributed by atoms with E-state index in [2.05, 4.69) is 37.4 Å². The average molecular weight is 335 g/mol. The summed E-state index contributed by atoms with van der Waals surface area (Å²) in [5.74, 6) is 1.18. The number of hydrogen-bond donors (Lipinski definition) is 3. The minimum Gasteiger partial charge on any atom is -0.496 e. The highest BCUT2D eigenvalue weighted by Gasteiger charge is 2.25. The molecule has 0 saturated carbocycles. The monoisotopic (exact) mass is 335 g/mol. The number of aryl methyl sites for hydroxylation is 1. The Bertz CT molecular complexity index is 525. The van der Waals surface area contributed by atoms with Gasteiger partial charge in [-0.1, -0.05) is 25.0 Å². The Hall–Kier alpha value is -1.59. The third kappa shape index (κ3) is 5.80. The minimum absolute atomic E-state index is 0.197. The molecule has 24 heavy (non-hydrogen) atoms. The fourth-order valence-electron chi connectivity index (χ4n) is 3.32. The van der Waals surface area contributed by atoms with Gasteiger partial charge in [0.15, 0.2) is 6.54 Å². The first-order valence-electron chi connectivity index (χ1n) is 9.19. The number of ether oxygens (including phenoxy) is 1. The summed E-state index contributed by atoms with van der Waals surface area (Å²) in [5.41, 5.74) is 2.56. The number of piperazine rings is 1. The molecule has 0 radical (unpaired) electrons. The maximum Gasteiger partial charge on any atom is 0.275 e. The van der Waals surface area contributed by atoms with Gasteiger partial charge < -0.3 is 19.9 Å². The third-order valence-electron chi connectivity index (χ3n) is 4.80. The Morgan fingerprint density at radius 2 is 1.92 bits per heavy atom. The molecular weight excluding hydrogens is 302 g/mol. The van der Waals surface area contributed by atoms with E-state index in [0.29, 0.717) is 6.54 Å². The Balaban J connectivity index is 1.77. The molecule has 1 saturated heterocycles. The molecule has 2 rings (SSSR count). The molecule has 1 aromatic carbocycles. The van der Waals surface area contributed by atoms with E-state index >= 15 is 0 Å². The average Bonchev–Trinajstić information content (AvgIpc) is 2.57. The van der Waals surface area contributed by atoms with Crippen LogP contribution in [-0.2, 0) is 11.3 Å². The van der Waals surface area contributed by atoms with Gasteiger partial charge in [0.1, 0.15) is 38.5 Å². The quantitative estimate of drug-likeness (QED) is 0.545. The van der Waals surface area contributed by atoms with Crippen LogP contribution in [0.5, 0.6) is 5.75 Å². The highest BCUT2D eigenvalue weighted by atomic mass is 16.5. The van der Waals surface area contributed by atoms with Gasteiger partial charge in [-0.3, -0.25) is 4.79 Å². The van der Waals surface area contributed by atoms with E-state index in [0.717, 1.165) is 57.9 Å². The first-order valence-corrected chi connectivity index (χ1v) is 9.19. The Labute approximate surface area is 146 Å². The number of hydrogen-bond acceptors (Lipinski definition) is 2. The van der Waals surface area contributed by atoms with Gasteiger partial charge in [-0.15, -0.1) is 0 Å². The molecule has 1 amide bonds. The fraction of sp³-hybridized carbons (Fsp3) is 0.632. The first-order chi connectivity index (χ1) is 11.6. The number of benzene rings is 1. The lowest BCUT2D eigenvalue weighted by Gasteiger charge is -2.29. The van der Waals surface area contributed by atoms with E-state index in [4.69, 9.17) is 4.74 Å². The van der Waals surface area contributed by atoms with Crippen LogP contribution in [0.4, 0.5) is 0 Å². The standard InChI is InChI=1S/C19H31N3O2/c1-4-5-8-20-19(23)15-22-11-9-21(10-12-22)14-17-13-16(2)6-7-18(17)24-3/h6-7,13H,4-5,8-12,14-15H2,1-3H3,(H,20,23)/p+2. The molecule has 0 atom stereocenters. The van der Waals surface area contributed by atoms with Crippen LogP contribution in [0.15, 0.2) is 18.2 Å². The molecule has 0 aliphatic carbocycles. The van der Waals surface area contributed by atoms with Crippen LogP contribution >= 0.6 is 0 Å². The zero-order chi connectivity index (χ0) is 17.4. The second kappa shape index (κ2) is 9.64. The maximum absolute atomic E-state index is 11.9. The molecule has 1 aromatic rings. The van der Waals surface area contributed by atoms with Gasteiger partial charge in [-0.2, -0.15) is 0 Å². The molecule has 134 valence electrons. The van der Waals surface area contributed by atoms with Crippen LogP contribution in [0, 0.1) is 6.92 Å². The lowest BCUT2D eigenvalue weighted by molar-refractivity contribution is -1.02. The number of carbonyl (C=O) groups excluding carboxylic acids is 1. The summed E-state index contributed by atoms with van der Waals surface area (Å²) in [7, 11) is 1.74. The Morgan fingerprint density at radius 3 is 2.58 bits per heavy atom.